The molecular formula is H3NO8S2. The van der Waals surface area contributed by atoms with Crippen LogP contribution < -0.4 is 0 Å². The quantitative estimate of drug-likeness (QED) is 0.210. The standard InChI is InChI=1S/HNO2.H2O6S2/c2-1-3;1-7(2,3)8(4,5)6/h(H,2,3);(H,1,2,3)(H,4,5,6). The number of hydrogen-bond acceptors (Lipinski definition) is 6. The van der Waals surface area contributed by atoms with Gasteiger partial charge in [0.2, 0.25) is 0 Å². The maximum absolute atomic E-state index is 9.37. The molecule has 0 aromatic heterocycles. The highest BCUT2D eigenvalue weighted by atomic mass is 33.2. The second kappa shape index (κ2) is 4.17. The van der Waals surface area contributed by atoms with Gasteiger partial charge >= 0.3 is 18.3 Å². The van der Waals surface area contributed by atoms with Gasteiger partial charge in [-0.2, -0.15) is 16.8 Å². The van der Waals surface area contributed by atoms with Crippen LogP contribution in [0.1, 0.15) is 0 Å². The SMILES string of the molecule is O=NO.O=S(=O)(O)S(=O)(=O)O. The summed E-state index contributed by atoms with van der Waals surface area (Å²) in [7, 11) is -10.6. The van der Waals surface area contributed by atoms with Crippen molar-refractivity contribution in [3.05, 3.63) is 4.91 Å². The van der Waals surface area contributed by atoms with Crippen molar-refractivity contribution in [2.45, 2.75) is 0 Å². The van der Waals surface area contributed by atoms with Crippen LogP contribution in [-0.4, -0.2) is 31.1 Å². The normalized spacial score (nSPS) is 11.1. The molecule has 0 saturated carbocycles. The summed E-state index contributed by atoms with van der Waals surface area (Å²) < 4.78 is 52.5. The fourth-order valence-electron chi connectivity index (χ4n) is 0. The average molecular weight is 209 g/mol. The van der Waals surface area contributed by atoms with E-state index >= 15 is 0 Å². The highest BCUT2D eigenvalue weighted by Crippen LogP contribution is 1.90. The molecule has 0 unspecified atom stereocenters. The molecule has 0 radical (unpaired) electrons. The van der Waals surface area contributed by atoms with Gasteiger partial charge in [0, 0.05) is 0 Å². The maximum Gasteiger partial charge on any atom is 0.397 e. The molecule has 0 aromatic carbocycles. The van der Waals surface area contributed by atoms with Crippen molar-refractivity contribution < 1.29 is 31.1 Å². The van der Waals surface area contributed by atoms with Crippen LogP contribution in [0.15, 0.2) is 5.34 Å². The van der Waals surface area contributed by atoms with E-state index in [1.54, 1.807) is 0 Å². The molecule has 0 fully saturated rings. The molecule has 0 aliphatic heterocycles. The largest absolute Gasteiger partial charge is 0.397 e. The summed E-state index contributed by atoms with van der Waals surface area (Å²) in [5.41, 5.74) is 0. The zero-order valence-corrected chi connectivity index (χ0v) is 6.28. The summed E-state index contributed by atoms with van der Waals surface area (Å²) in [5, 5.41) is 7.89. The summed E-state index contributed by atoms with van der Waals surface area (Å²) in [6.45, 7) is 0. The lowest BCUT2D eigenvalue weighted by Gasteiger charge is -1.84. The van der Waals surface area contributed by atoms with Crippen molar-refractivity contribution in [2.24, 2.45) is 5.34 Å². The monoisotopic (exact) mass is 209 g/mol. The molecule has 11 heteroatoms. The Bertz CT molecular complexity index is 261. The molecule has 9 nitrogen and oxygen atoms in total. The molecule has 0 aliphatic rings. The van der Waals surface area contributed by atoms with Gasteiger partial charge in [-0.1, -0.05) is 0 Å². The Morgan fingerprint density at radius 1 is 0.909 bits per heavy atom. The van der Waals surface area contributed by atoms with Crippen molar-refractivity contribution in [1.82, 2.24) is 0 Å². The van der Waals surface area contributed by atoms with E-state index in [1.807, 2.05) is 0 Å². The topological polar surface area (TPSA) is 158 Å². The molecule has 0 rings (SSSR count). The highest BCUT2D eigenvalue weighted by Gasteiger charge is 2.22. The molecule has 3 N–H and O–H groups in total. The fraction of sp³-hybridized carbons (Fsp3) is 0. The molecule has 11 heavy (non-hydrogen) atoms. The van der Waals surface area contributed by atoms with Gasteiger partial charge in [-0.25, -0.2) is 0 Å². The lowest BCUT2D eigenvalue weighted by atomic mass is 13.4. The molecule has 0 atom stereocenters. The average Bonchev–Trinajstić information content (AvgIpc) is 1.60. The third kappa shape index (κ3) is 7.11. The van der Waals surface area contributed by atoms with E-state index in [1.165, 1.54) is 5.34 Å². The molecular weight excluding hydrogens is 206 g/mol. The molecule has 0 spiro atoms. The van der Waals surface area contributed by atoms with Gasteiger partial charge in [-0.15, -0.1) is 4.91 Å². The van der Waals surface area contributed by atoms with Crippen molar-refractivity contribution in [3.63, 3.8) is 0 Å². The highest BCUT2D eigenvalue weighted by molar-refractivity contribution is 8.62. The second-order valence-corrected chi connectivity index (χ2v) is 5.18. The molecule has 0 aromatic rings. The Kier molecular flexibility index (Phi) is 4.88. The first-order valence-electron chi connectivity index (χ1n) is 1.58. The third-order valence-corrected chi connectivity index (χ3v) is 2.40. The Morgan fingerprint density at radius 2 is 1.00 bits per heavy atom. The van der Waals surface area contributed by atoms with Gasteiger partial charge in [0.15, 0.2) is 5.34 Å². The van der Waals surface area contributed by atoms with E-state index in [4.69, 9.17) is 19.2 Å². The first-order valence-corrected chi connectivity index (χ1v) is 4.98. The zero-order valence-electron chi connectivity index (χ0n) is 4.65. The fourth-order valence-corrected chi connectivity index (χ4v) is 0. The van der Waals surface area contributed by atoms with Crippen LogP contribution >= 0.6 is 0 Å². The second-order valence-electron chi connectivity index (χ2n) is 0.937. The summed E-state index contributed by atoms with van der Waals surface area (Å²) in [6.07, 6.45) is 0. The minimum atomic E-state index is -5.31. The summed E-state index contributed by atoms with van der Waals surface area (Å²) in [5.74, 6) is 0. The lowest BCUT2D eigenvalue weighted by molar-refractivity contribution is 0.312. The van der Waals surface area contributed by atoms with Crippen LogP contribution in [0.4, 0.5) is 0 Å². The van der Waals surface area contributed by atoms with Crippen LogP contribution in [-0.2, 0) is 18.3 Å². The van der Waals surface area contributed by atoms with Gasteiger partial charge in [0.05, 0.1) is 0 Å². The Balaban J connectivity index is 0. The third-order valence-electron chi connectivity index (χ3n) is 0.266. The summed E-state index contributed by atoms with van der Waals surface area (Å²) >= 11 is 0. The number of hydrogen-bond donors (Lipinski definition) is 3. The predicted molar refractivity (Wildman–Crippen MR) is 30.7 cm³/mol. The van der Waals surface area contributed by atoms with E-state index in [-0.39, 0.29) is 0 Å². The van der Waals surface area contributed by atoms with E-state index in [0.717, 1.165) is 0 Å². The zero-order chi connectivity index (χ0) is 9.71. The maximum atomic E-state index is 9.37. The molecule has 0 bridgehead atoms. The summed E-state index contributed by atoms with van der Waals surface area (Å²) in [6, 6.07) is 0. The minimum Gasteiger partial charge on any atom is -0.379 e. The van der Waals surface area contributed by atoms with E-state index in [2.05, 4.69) is 0 Å². The molecule has 0 aliphatic carbocycles. The van der Waals surface area contributed by atoms with E-state index < -0.39 is 18.3 Å². The van der Waals surface area contributed by atoms with Gasteiger partial charge in [0.1, 0.15) is 0 Å². The Morgan fingerprint density at radius 3 is 1.00 bits per heavy atom. The molecule has 68 valence electrons. The van der Waals surface area contributed by atoms with Gasteiger partial charge in [0.25, 0.3) is 0 Å². The van der Waals surface area contributed by atoms with Gasteiger partial charge in [-0.3, -0.25) is 9.11 Å². The van der Waals surface area contributed by atoms with Gasteiger partial charge < -0.3 is 5.21 Å². The van der Waals surface area contributed by atoms with Crippen molar-refractivity contribution >= 4 is 18.3 Å². The minimum absolute atomic E-state index is 1.25. The van der Waals surface area contributed by atoms with Crippen LogP contribution in [0.2, 0.25) is 0 Å². The molecule has 0 amide bonds. The lowest BCUT2D eigenvalue weighted by Crippen LogP contribution is -2.11. The Hall–Kier alpha value is -0.780. The first-order chi connectivity index (χ1) is 4.66. The number of nitrogens with zero attached hydrogens (tertiary/aromatic N) is 1. The van der Waals surface area contributed by atoms with Crippen molar-refractivity contribution in [2.75, 3.05) is 0 Å². The molecule has 0 heterocycles. The predicted octanol–water partition coefficient (Wildman–Crippen LogP) is -1.18. The smallest absolute Gasteiger partial charge is 0.379 e. The van der Waals surface area contributed by atoms with Crippen LogP contribution in [0.25, 0.3) is 0 Å². The van der Waals surface area contributed by atoms with Crippen LogP contribution in [0.3, 0.4) is 0 Å². The Labute approximate surface area is 60.5 Å². The summed E-state index contributed by atoms with van der Waals surface area (Å²) in [4.78, 5) is 8.11. The van der Waals surface area contributed by atoms with Crippen LogP contribution in [0.5, 0.6) is 0 Å². The van der Waals surface area contributed by atoms with E-state index in [0.29, 0.717) is 0 Å². The van der Waals surface area contributed by atoms with Crippen molar-refractivity contribution in [3.8, 4) is 0 Å². The van der Waals surface area contributed by atoms with Gasteiger partial charge in [-0.05, 0) is 0 Å². The van der Waals surface area contributed by atoms with E-state index in [9.17, 15) is 16.8 Å². The number of rotatable bonds is 1. The van der Waals surface area contributed by atoms with Crippen molar-refractivity contribution in [1.29, 1.82) is 0 Å². The molecule has 0 saturated heterocycles. The first kappa shape index (κ1) is 12.9. The van der Waals surface area contributed by atoms with Crippen LogP contribution in [0, 0.1) is 4.91 Å².